The monoisotopic (exact) mass is 415 g/mol. The van der Waals surface area contributed by atoms with Gasteiger partial charge in [-0.3, -0.25) is 19.8 Å². The SMILES string of the molecule is Cc1ccccc1N1C(=O)/C(=C\c2cc(C)n(-c3ccccc3)c2C)C(=O)NC1=S. The van der Waals surface area contributed by atoms with E-state index >= 15 is 0 Å². The van der Waals surface area contributed by atoms with Crippen molar-refractivity contribution in [3.05, 3.63) is 88.8 Å². The number of benzene rings is 2. The molecule has 5 nitrogen and oxygen atoms in total. The number of nitrogens with zero attached hydrogens (tertiary/aromatic N) is 2. The molecule has 1 saturated heterocycles. The number of thiocarbonyl (C=S) groups is 1. The number of carbonyl (C=O) groups excluding carboxylic acids is 2. The highest BCUT2D eigenvalue weighted by atomic mass is 32.1. The summed E-state index contributed by atoms with van der Waals surface area (Å²) in [7, 11) is 0. The number of anilines is 1. The second kappa shape index (κ2) is 7.72. The predicted octanol–water partition coefficient (Wildman–Crippen LogP) is 4.23. The molecule has 1 aliphatic rings. The van der Waals surface area contributed by atoms with E-state index in [0.717, 1.165) is 28.2 Å². The van der Waals surface area contributed by atoms with Gasteiger partial charge < -0.3 is 4.57 Å². The van der Waals surface area contributed by atoms with E-state index in [1.165, 1.54) is 4.90 Å². The Kier molecular flexibility index (Phi) is 5.10. The Labute approximate surface area is 180 Å². The number of para-hydroxylation sites is 2. The number of carbonyl (C=O) groups is 2. The normalized spacial score (nSPS) is 15.6. The lowest BCUT2D eigenvalue weighted by Crippen LogP contribution is -2.54. The average Bonchev–Trinajstić information content (AvgIpc) is 3.00. The fourth-order valence-electron chi connectivity index (χ4n) is 3.75. The number of aryl methyl sites for hydroxylation is 2. The Bertz CT molecular complexity index is 1210. The quantitative estimate of drug-likeness (QED) is 0.396. The molecule has 0 radical (unpaired) electrons. The Morgan fingerprint density at radius 1 is 0.933 bits per heavy atom. The maximum Gasteiger partial charge on any atom is 0.270 e. The molecule has 0 unspecified atom stereocenters. The minimum Gasteiger partial charge on any atom is -0.318 e. The molecular weight excluding hydrogens is 394 g/mol. The summed E-state index contributed by atoms with van der Waals surface area (Å²) >= 11 is 5.30. The summed E-state index contributed by atoms with van der Waals surface area (Å²) in [5.41, 5.74) is 5.41. The molecule has 1 aliphatic heterocycles. The summed E-state index contributed by atoms with van der Waals surface area (Å²) in [6.45, 7) is 5.87. The Balaban J connectivity index is 1.78. The van der Waals surface area contributed by atoms with Crippen molar-refractivity contribution in [2.75, 3.05) is 4.90 Å². The molecule has 0 saturated carbocycles. The molecule has 2 amide bonds. The van der Waals surface area contributed by atoms with Crippen molar-refractivity contribution in [2.24, 2.45) is 0 Å². The van der Waals surface area contributed by atoms with E-state index in [9.17, 15) is 9.59 Å². The van der Waals surface area contributed by atoms with Gasteiger partial charge in [0.25, 0.3) is 11.8 Å². The van der Waals surface area contributed by atoms with Crippen molar-refractivity contribution in [3.63, 3.8) is 0 Å². The van der Waals surface area contributed by atoms with E-state index < -0.39 is 11.8 Å². The summed E-state index contributed by atoms with van der Waals surface area (Å²) in [5.74, 6) is -0.915. The van der Waals surface area contributed by atoms with Gasteiger partial charge in [-0.25, -0.2) is 0 Å². The molecule has 0 spiro atoms. The zero-order valence-corrected chi connectivity index (χ0v) is 17.8. The fraction of sp³-hybridized carbons (Fsp3) is 0.125. The third-order valence-electron chi connectivity index (χ3n) is 5.24. The van der Waals surface area contributed by atoms with Crippen molar-refractivity contribution in [3.8, 4) is 5.69 Å². The largest absolute Gasteiger partial charge is 0.318 e. The van der Waals surface area contributed by atoms with E-state index in [4.69, 9.17) is 12.2 Å². The molecule has 1 N–H and O–H groups in total. The predicted molar refractivity (Wildman–Crippen MR) is 123 cm³/mol. The molecule has 0 aliphatic carbocycles. The number of rotatable bonds is 3. The Morgan fingerprint density at radius 3 is 2.30 bits per heavy atom. The van der Waals surface area contributed by atoms with Crippen LogP contribution in [0, 0.1) is 20.8 Å². The first-order chi connectivity index (χ1) is 14.4. The summed E-state index contributed by atoms with van der Waals surface area (Å²) in [6, 6.07) is 19.4. The van der Waals surface area contributed by atoms with Crippen LogP contribution in [0.15, 0.2) is 66.2 Å². The van der Waals surface area contributed by atoms with Gasteiger partial charge in [0.1, 0.15) is 5.57 Å². The van der Waals surface area contributed by atoms with Crippen molar-refractivity contribution in [2.45, 2.75) is 20.8 Å². The average molecular weight is 416 g/mol. The van der Waals surface area contributed by atoms with Crippen LogP contribution in [0.1, 0.15) is 22.5 Å². The van der Waals surface area contributed by atoms with E-state index in [2.05, 4.69) is 9.88 Å². The third kappa shape index (κ3) is 3.35. The molecule has 150 valence electrons. The molecule has 4 rings (SSSR count). The summed E-state index contributed by atoms with van der Waals surface area (Å²) in [4.78, 5) is 27.3. The Hall–Kier alpha value is -3.51. The van der Waals surface area contributed by atoms with E-state index in [1.54, 1.807) is 6.08 Å². The number of hydrogen-bond donors (Lipinski definition) is 1. The van der Waals surface area contributed by atoms with Gasteiger partial charge in [-0.05, 0) is 74.5 Å². The minimum atomic E-state index is -0.487. The summed E-state index contributed by atoms with van der Waals surface area (Å²) in [6.07, 6.45) is 1.65. The molecule has 1 aromatic heterocycles. The lowest BCUT2D eigenvalue weighted by Gasteiger charge is -2.30. The van der Waals surface area contributed by atoms with Crippen LogP contribution in [0.3, 0.4) is 0 Å². The number of nitrogens with one attached hydrogen (secondary N) is 1. The van der Waals surface area contributed by atoms with Gasteiger partial charge in [0.15, 0.2) is 5.11 Å². The van der Waals surface area contributed by atoms with Crippen LogP contribution in [0.5, 0.6) is 0 Å². The third-order valence-corrected chi connectivity index (χ3v) is 5.53. The van der Waals surface area contributed by atoms with Gasteiger partial charge >= 0.3 is 0 Å². The fourth-order valence-corrected chi connectivity index (χ4v) is 4.03. The van der Waals surface area contributed by atoms with Crippen molar-refractivity contribution in [1.82, 2.24) is 9.88 Å². The zero-order valence-electron chi connectivity index (χ0n) is 17.0. The first kappa shape index (κ1) is 19.8. The molecule has 0 bridgehead atoms. The van der Waals surface area contributed by atoms with Gasteiger partial charge in [-0.2, -0.15) is 0 Å². The lowest BCUT2D eigenvalue weighted by atomic mass is 10.1. The molecule has 2 aromatic carbocycles. The van der Waals surface area contributed by atoms with Crippen LogP contribution in [-0.2, 0) is 9.59 Å². The molecule has 30 heavy (non-hydrogen) atoms. The first-order valence-electron chi connectivity index (χ1n) is 9.60. The zero-order chi connectivity index (χ0) is 21.4. The summed E-state index contributed by atoms with van der Waals surface area (Å²) < 4.78 is 2.10. The van der Waals surface area contributed by atoms with Crippen molar-refractivity contribution >= 4 is 40.9 Å². The standard InChI is InChI=1S/C24H21N3O2S/c1-15-9-7-8-12-21(15)27-23(29)20(22(28)25-24(27)30)14-18-13-16(2)26(17(18)3)19-10-5-4-6-11-19/h4-14H,1-3H3,(H,25,28,30)/b20-14-. The molecule has 0 atom stereocenters. The number of aromatic nitrogens is 1. The topological polar surface area (TPSA) is 54.3 Å². The smallest absolute Gasteiger partial charge is 0.270 e. The van der Waals surface area contributed by atoms with Crippen LogP contribution in [0.2, 0.25) is 0 Å². The van der Waals surface area contributed by atoms with Crippen LogP contribution in [-0.4, -0.2) is 21.5 Å². The first-order valence-corrected chi connectivity index (χ1v) is 10.0. The highest BCUT2D eigenvalue weighted by Crippen LogP contribution is 2.27. The van der Waals surface area contributed by atoms with Crippen LogP contribution >= 0.6 is 12.2 Å². The minimum absolute atomic E-state index is 0.0557. The van der Waals surface area contributed by atoms with E-state index in [-0.39, 0.29) is 10.7 Å². The maximum atomic E-state index is 13.3. The number of amides is 2. The van der Waals surface area contributed by atoms with Gasteiger partial charge in [-0.1, -0.05) is 36.4 Å². The van der Waals surface area contributed by atoms with Crippen molar-refractivity contribution in [1.29, 1.82) is 0 Å². The van der Waals surface area contributed by atoms with Crippen LogP contribution in [0.4, 0.5) is 5.69 Å². The molecular formula is C24H21N3O2S. The molecule has 3 aromatic rings. The molecule has 1 fully saturated rings. The van der Waals surface area contributed by atoms with Gasteiger partial charge in [0, 0.05) is 17.1 Å². The number of hydrogen-bond acceptors (Lipinski definition) is 3. The van der Waals surface area contributed by atoms with E-state index in [0.29, 0.717) is 5.69 Å². The highest BCUT2D eigenvalue weighted by Gasteiger charge is 2.35. The molecule has 6 heteroatoms. The highest BCUT2D eigenvalue weighted by molar-refractivity contribution is 7.80. The van der Waals surface area contributed by atoms with E-state index in [1.807, 2.05) is 81.4 Å². The second-order valence-electron chi connectivity index (χ2n) is 7.24. The molecule has 2 heterocycles. The van der Waals surface area contributed by atoms with Crippen LogP contribution < -0.4 is 10.2 Å². The van der Waals surface area contributed by atoms with Gasteiger partial charge in [0.2, 0.25) is 0 Å². The summed E-state index contributed by atoms with van der Waals surface area (Å²) in [5, 5.41) is 2.74. The van der Waals surface area contributed by atoms with Gasteiger partial charge in [0.05, 0.1) is 5.69 Å². The lowest BCUT2D eigenvalue weighted by molar-refractivity contribution is -0.122. The Morgan fingerprint density at radius 2 is 1.60 bits per heavy atom. The van der Waals surface area contributed by atoms with Crippen molar-refractivity contribution < 1.29 is 9.59 Å². The van der Waals surface area contributed by atoms with Gasteiger partial charge in [-0.15, -0.1) is 0 Å². The second-order valence-corrected chi connectivity index (χ2v) is 7.63. The maximum absolute atomic E-state index is 13.3. The van der Waals surface area contributed by atoms with Crippen LogP contribution in [0.25, 0.3) is 11.8 Å².